The van der Waals surface area contributed by atoms with Gasteiger partial charge in [0.05, 0.1) is 4.88 Å². The van der Waals surface area contributed by atoms with Crippen molar-refractivity contribution in [2.45, 2.75) is 12.8 Å². The minimum atomic E-state index is 0.0165. The number of carbonyl (C=O) groups is 1. The zero-order valence-corrected chi connectivity index (χ0v) is 10.5. The Balaban J connectivity index is 1.89. The molecule has 0 aliphatic rings. The molecule has 0 aliphatic carbocycles. The molecule has 1 heterocycles. The van der Waals surface area contributed by atoms with E-state index in [2.05, 4.69) is 24.4 Å². The Bertz CT molecular complexity index is 464. The van der Waals surface area contributed by atoms with Crippen LogP contribution in [0, 0.1) is 0 Å². The van der Waals surface area contributed by atoms with Crippen molar-refractivity contribution in [3.8, 4) is 0 Å². The second-order valence-electron chi connectivity index (χ2n) is 4.00. The van der Waals surface area contributed by atoms with Gasteiger partial charge in [0.2, 0.25) is 0 Å². The lowest BCUT2D eigenvalue weighted by molar-refractivity contribution is 0.0955. The molecule has 0 fully saturated rings. The topological polar surface area (TPSA) is 29.1 Å². The monoisotopic (exact) mass is 245 g/mol. The summed E-state index contributed by atoms with van der Waals surface area (Å²) in [6.45, 7) is 2.78. The van der Waals surface area contributed by atoms with Crippen molar-refractivity contribution >= 4 is 17.2 Å². The van der Waals surface area contributed by atoms with Crippen LogP contribution in [0.5, 0.6) is 0 Å². The number of nitrogens with one attached hydrogen (secondary N) is 1. The highest BCUT2D eigenvalue weighted by atomic mass is 32.1. The number of rotatable bonds is 4. The summed E-state index contributed by atoms with van der Waals surface area (Å²) < 4.78 is 0. The summed E-state index contributed by atoms with van der Waals surface area (Å²) in [7, 11) is 0. The summed E-state index contributed by atoms with van der Waals surface area (Å²) in [4.78, 5) is 12.5. The van der Waals surface area contributed by atoms with Crippen LogP contribution in [0.15, 0.2) is 47.8 Å². The van der Waals surface area contributed by atoms with E-state index < -0.39 is 0 Å². The fraction of sp³-hybridized carbons (Fsp3) is 0.214. The lowest BCUT2D eigenvalue weighted by Crippen LogP contribution is -2.26. The Morgan fingerprint density at radius 3 is 2.65 bits per heavy atom. The van der Waals surface area contributed by atoms with Crippen molar-refractivity contribution in [3.63, 3.8) is 0 Å². The van der Waals surface area contributed by atoms with Crippen LogP contribution in [0.1, 0.15) is 28.1 Å². The van der Waals surface area contributed by atoms with Crippen LogP contribution in [0.4, 0.5) is 0 Å². The fourth-order valence-corrected chi connectivity index (χ4v) is 2.28. The van der Waals surface area contributed by atoms with Gasteiger partial charge < -0.3 is 5.32 Å². The van der Waals surface area contributed by atoms with Crippen molar-refractivity contribution in [1.29, 1.82) is 0 Å². The second-order valence-corrected chi connectivity index (χ2v) is 4.95. The SMILES string of the molecule is C[C@@H](CNC(=O)c1cccs1)c1ccccc1. The van der Waals surface area contributed by atoms with E-state index in [4.69, 9.17) is 0 Å². The molecule has 0 unspecified atom stereocenters. The van der Waals surface area contributed by atoms with E-state index in [0.717, 1.165) is 4.88 Å². The van der Waals surface area contributed by atoms with Crippen LogP contribution in [0.3, 0.4) is 0 Å². The third-order valence-corrected chi connectivity index (χ3v) is 3.55. The number of hydrogen-bond donors (Lipinski definition) is 1. The first-order valence-electron chi connectivity index (χ1n) is 5.64. The predicted octanol–water partition coefficient (Wildman–Crippen LogP) is 3.28. The Labute approximate surface area is 105 Å². The maximum absolute atomic E-state index is 11.7. The molecule has 2 aromatic rings. The molecule has 2 rings (SSSR count). The molecular weight excluding hydrogens is 230 g/mol. The summed E-state index contributed by atoms with van der Waals surface area (Å²) in [5.74, 6) is 0.350. The molecule has 1 amide bonds. The summed E-state index contributed by atoms with van der Waals surface area (Å²) in [6.07, 6.45) is 0. The number of amides is 1. The van der Waals surface area contributed by atoms with Gasteiger partial charge in [-0.25, -0.2) is 0 Å². The van der Waals surface area contributed by atoms with E-state index in [1.165, 1.54) is 16.9 Å². The van der Waals surface area contributed by atoms with Gasteiger partial charge in [0, 0.05) is 6.54 Å². The van der Waals surface area contributed by atoms with E-state index in [1.54, 1.807) is 0 Å². The molecule has 1 atom stereocenters. The van der Waals surface area contributed by atoms with Gasteiger partial charge in [0.1, 0.15) is 0 Å². The standard InChI is InChI=1S/C14H15NOS/c1-11(12-6-3-2-4-7-12)10-15-14(16)13-8-5-9-17-13/h2-9,11H,10H2,1H3,(H,15,16)/t11-/m0/s1. The van der Waals surface area contributed by atoms with Crippen LogP contribution in [-0.4, -0.2) is 12.5 Å². The first-order valence-corrected chi connectivity index (χ1v) is 6.52. The Morgan fingerprint density at radius 1 is 1.24 bits per heavy atom. The highest BCUT2D eigenvalue weighted by Crippen LogP contribution is 2.14. The van der Waals surface area contributed by atoms with Gasteiger partial charge in [0.25, 0.3) is 5.91 Å². The highest BCUT2D eigenvalue weighted by Gasteiger charge is 2.09. The second kappa shape index (κ2) is 5.64. The normalized spacial score (nSPS) is 12.1. The number of benzene rings is 1. The lowest BCUT2D eigenvalue weighted by Gasteiger charge is -2.12. The van der Waals surface area contributed by atoms with Crippen LogP contribution >= 0.6 is 11.3 Å². The molecule has 3 heteroatoms. The van der Waals surface area contributed by atoms with E-state index in [-0.39, 0.29) is 5.91 Å². The minimum absolute atomic E-state index is 0.0165. The van der Waals surface area contributed by atoms with E-state index in [1.807, 2.05) is 35.7 Å². The fourth-order valence-electron chi connectivity index (χ4n) is 1.64. The third-order valence-electron chi connectivity index (χ3n) is 2.68. The maximum Gasteiger partial charge on any atom is 0.261 e. The summed E-state index contributed by atoms with van der Waals surface area (Å²) >= 11 is 1.47. The molecule has 2 nitrogen and oxygen atoms in total. The van der Waals surface area contributed by atoms with E-state index in [0.29, 0.717) is 12.5 Å². The van der Waals surface area contributed by atoms with Crippen LogP contribution in [-0.2, 0) is 0 Å². The average molecular weight is 245 g/mol. The minimum Gasteiger partial charge on any atom is -0.351 e. The molecule has 0 radical (unpaired) electrons. The van der Waals surface area contributed by atoms with E-state index in [9.17, 15) is 4.79 Å². The summed E-state index contributed by atoms with van der Waals surface area (Å²) in [5, 5.41) is 4.87. The first kappa shape index (κ1) is 11.9. The molecule has 0 aliphatic heterocycles. The Hall–Kier alpha value is -1.61. The molecule has 1 N–H and O–H groups in total. The predicted molar refractivity (Wildman–Crippen MR) is 71.5 cm³/mol. The van der Waals surface area contributed by atoms with Gasteiger partial charge in [-0.2, -0.15) is 0 Å². The Morgan fingerprint density at radius 2 is 2.00 bits per heavy atom. The number of carbonyl (C=O) groups excluding carboxylic acids is 1. The van der Waals surface area contributed by atoms with Crippen molar-refractivity contribution in [2.75, 3.05) is 6.54 Å². The van der Waals surface area contributed by atoms with Gasteiger partial charge in [0.15, 0.2) is 0 Å². The van der Waals surface area contributed by atoms with Crippen LogP contribution in [0.2, 0.25) is 0 Å². The third kappa shape index (κ3) is 3.17. The van der Waals surface area contributed by atoms with Crippen molar-refractivity contribution < 1.29 is 4.79 Å². The van der Waals surface area contributed by atoms with Gasteiger partial charge in [-0.05, 0) is 22.9 Å². The number of thiophene rings is 1. The van der Waals surface area contributed by atoms with Gasteiger partial charge in [-0.1, -0.05) is 43.3 Å². The van der Waals surface area contributed by atoms with Crippen molar-refractivity contribution in [1.82, 2.24) is 5.32 Å². The maximum atomic E-state index is 11.7. The summed E-state index contributed by atoms with van der Waals surface area (Å²) in [6, 6.07) is 13.9. The van der Waals surface area contributed by atoms with E-state index >= 15 is 0 Å². The molecule has 17 heavy (non-hydrogen) atoms. The van der Waals surface area contributed by atoms with Gasteiger partial charge in [-0.15, -0.1) is 11.3 Å². The largest absolute Gasteiger partial charge is 0.351 e. The van der Waals surface area contributed by atoms with Gasteiger partial charge >= 0.3 is 0 Å². The van der Waals surface area contributed by atoms with Crippen molar-refractivity contribution in [3.05, 3.63) is 58.3 Å². The molecule has 0 bridgehead atoms. The molecule has 0 saturated carbocycles. The number of hydrogen-bond acceptors (Lipinski definition) is 2. The highest BCUT2D eigenvalue weighted by molar-refractivity contribution is 7.12. The lowest BCUT2D eigenvalue weighted by atomic mass is 10.0. The first-order chi connectivity index (χ1) is 8.27. The zero-order chi connectivity index (χ0) is 12.1. The molecule has 0 saturated heterocycles. The van der Waals surface area contributed by atoms with Crippen LogP contribution < -0.4 is 5.32 Å². The molecular formula is C14H15NOS. The quantitative estimate of drug-likeness (QED) is 0.880. The molecule has 1 aromatic carbocycles. The molecule has 88 valence electrons. The van der Waals surface area contributed by atoms with Crippen LogP contribution in [0.25, 0.3) is 0 Å². The summed E-state index contributed by atoms with van der Waals surface area (Å²) in [5.41, 5.74) is 1.25. The Kier molecular flexibility index (Phi) is 3.94. The molecule has 1 aromatic heterocycles. The smallest absolute Gasteiger partial charge is 0.261 e. The van der Waals surface area contributed by atoms with Crippen molar-refractivity contribution in [2.24, 2.45) is 0 Å². The molecule has 0 spiro atoms. The van der Waals surface area contributed by atoms with Gasteiger partial charge in [-0.3, -0.25) is 4.79 Å². The average Bonchev–Trinajstić information content (AvgIpc) is 2.90. The zero-order valence-electron chi connectivity index (χ0n) is 9.72.